The Morgan fingerprint density at radius 2 is 1.93 bits per heavy atom. The molecule has 5 nitrogen and oxygen atoms in total. The summed E-state index contributed by atoms with van der Waals surface area (Å²) in [6.45, 7) is 0.327. The highest BCUT2D eigenvalue weighted by Crippen LogP contribution is 2.19. The van der Waals surface area contributed by atoms with Crippen molar-refractivity contribution in [3.63, 3.8) is 0 Å². The highest BCUT2D eigenvalue weighted by molar-refractivity contribution is 6.30. The largest absolute Gasteiger partial charge is 0.349 e. The van der Waals surface area contributed by atoms with Crippen molar-refractivity contribution in [3.8, 4) is 0 Å². The Labute approximate surface area is 162 Å². The number of amides is 1. The average molecular weight is 382 g/mol. The number of carbonyl (C=O) groups excluding carboxylic acids is 1. The maximum Gasteiger partial charge on any atom is 0.265 e. The number of fused-ring (bicyclic) bond motifs is 1. The molecule has 1 aliphatic carbocycles. The van der Waals surface area contributed by atoms with Gasteiger partial charge < -0.3 is 5.32 Å². The van der Waals surface area contributed by atoms with Gasteiger partial charge in [0, 0.05) is 22.6 Å². The van der Waals surface area contributed by atoms with Gasteiger partial charge >= 0.3 is 0 Å². The second-order valence-corrected chi connectivity index (χ2v) is 7.38. The van der Waals surface area contributed by atoms with E-state index in [0.717, 1.165) is 36.6 Å². The molecular weight excluding hydrogens is 362 g/mol. The summed E-state index contributed by atoms with van der Waals surface area (Å²) < 4.78 is 1.56. The van der Waals surface area contributed by atoms with E-state index in [4.69, 9.17) is 11.6 Å². The van der Waals surface area contributed by atoms with Gasteiger partial charge in [0.15, 0.2) is 0 Å². The molecule has 1 aromatic carbocycles. The summed E-state index contributed by atoms with van der Waals surface area (Å²) >= 11 is 5.95. The summed E-state index contributed by atoms with van der Waals surface area (Å²) in [6, 6.07) is 12.8. The number of carbonyl (C=O) groups is 1. The zero-order chi connectivity index (χ0) is 18.8. The Morgan fingerprint density at radius 3 is 2.67 bits per heavy atom. The summed E-state index contributed by atoms with van der Waals surface area (Å²) in [5.41, 5.74) is 1.32. The van der Waals surface area contributed by atoms with E-state index in [2.05, 4.69) is 10.3 Å². The van der Waals surface area contributed by atoms with Crippen LogP contribution < -0.4 is 10.9 Å². The Morgan fingerprint density at radius 1 is 1.19 bits per heavy atom. The molecule has 0 radical (unpaired) electrons. The summed E-state index contributed by atoms with van der Waals surface area (Å²) in [4.78, 5) is 30.2. The Bertz CT molecular complexity index is 1040. The van der Waals surface area contributed by atoms with E-state index in [-0.39, 0.29) is 23.1 Å². The molecule has 1 saturated carbocycles. The van der Waals surface area contributed by atoms with Crippen molar-refractivity contribution in [2.45, 2.75) is 38.3 Å². The Kier molecular flexibility index (Phi) is 4.94. The number of halogens is 1. The lowest BCUT2D eigenvalue weighted by Gasteiger charge is -2.15. The van der Waals surface area contributed by atoms with Crippen molar-refractivity contribution in [2.75, 3.05) is 0 Å². The normalized spacial score (nSPS) is 14.6. The first kappa shape index (κ1) is 17.7. The zero-order valence-corrected chi connectivity index (χ0v) is 15.6. The molecule has 2 heterocycles. The summed E-state index contributed by atoms with van der Waals surface area (Å²) in [6.07, 6.45) is 5.83. The standard InChI is InChI=1S/C21H20ClN3O2/c22-16-9-7-14(8-10-16)13-25-19-15(4-3-11-23-19)12-18(21(25)27)20(26)24-17-5-1-2-6-17/h3-4,7-12,17H,1-2,5-6,13H2,(H,24,26). The van der Waals surface area contributed by atoms with Crippen LogP contribution in [0.4, 0.5) is 0 Å². The summed E-state index contributed by atoms with van der Waals surface area (Å²) in [5.74, 6) is -0.303. The van der Waals surface area contributed by atoms with Crippen molar-refractivity contribution in [1.82, 2.24) is 14.9 Å². The number of nitrogens with zero attached hydrogens (tertiary/aromatic N) is 2. The quantitative estimate of drug-likeness (QED) is 0.748. The SMILES string of the molecule is O=C(NC1CCCC1)c1cc2cccnc2n(Cc2ccc(Cl)cc2)c1=O. The second-order valence-electron chi connectivity index (χ2n) is 6.95. The summed E-state index contributed by atoms with van der Waals surface area (Å²) in [5, 5.41) is 4.41. The second kappa shape index (κ2) is 7.53. The van der Waals surface area contributed by atoms with Crippen LogP contribution in [0.1, 0.15) is 41.6 Å². The van der Waals surface area contributed by atoms with Crippen LogP contribution in [0.2, 0.25) is 5.02 Å². The third kappa shape index (κ3) is 3.74. The fourth-order valence-corrected chi connectivity index (χ4v) is 3.75. The predicted octanol–water partition coefficient (Wildman–Crippen LogP) is 3.77. The molecular formula is C21H20ClN3O2. The topological polar surface area (TPSA) is 64.0 Å². The van der Waals surface area contributed by atoms with Crippen molar-refractivity contribution in [2.24, 2.45) is 0 Å². The van der Waals surface area contributed by atoms with E-state index < -0.39 is 0 Å². The number of hydrogen-bond acceptors (Lipinski definition) is 3. The van der Waals surface area contributed by atoms with Gasteiger partial charge in [-0.05, 0) is 48.7 Å². The zero-order valence-electron chi connectivity index (χ0n) is 14.8. The Balaban J connectivity index is 1.76. The first-order chi connectivity index (χ1) is 13.1. The summed E-state index contributed by atoms with van der Waals surface area (Å²) in [7, 11) is 0. The van der Waals surface area contributed by atoms with Crippen molar-refractivity contribution >= 4 is 28.5 Å². The molecule has 138 valence electrons. The van der Waals surface area contributed by atoms with E-state index in [0.29, 0.717) is 17.2 Å². The van der Waals surface area contributed by atoms with Crippen molar-refractivity contribution in [3.05, 3.63) is 75.2 Å². The molecule has 0 unspecified atom stereocenters. The van der Waals surface area contributed by atoms with E-state index in [1.807, 2.05) is 18.2 Å². The lowest BCUT2D eigenvalue weighted by atomic mass is 10.1. The maximum absolute atomic E-state index is 13.1. The van der Waals surface area contributed by atoms with E-state index in [9.17, 15) is 9.59 Å². The highest BCUT2D eigenvalue weighted by Gasteiger charge is 2.21. The van der Waals surface area contributed by atoms with Gasteiger partial charge in [-0.1, -0.05) is 36.6 Å². The molecule has 2 aromatic heterocycles. The van der Waals surface area contributed by atoms with Gasteiger partial charge in [-0.3, -0.25) is 14.2 Å². The van der Waals surface area contributed by atoms with Crippen LogP contribution in [0.25, 0.3) is 11.0 Å². The molecule has 1 aliphatic rings. The molecule has 4 rings (SSSR count). The number of hydrogen-bond donors (Lipinski definition) is 1. The lowest BCUT2D eigenvalue weighted by Crippen LogP contribution is -2.38. The smallest absolute Gasteiger partial charge is 0.265 e. The van der Waals surface area contributed by atoms with Gasteiger partial charge in [0.25, 0.3) is 11.5 Å². The van der Waals surface area contributed by atoms with E-state index in [1.54, 1.807) is 35.0 Å². The average Bonchev–Trinajstić information content (AvgIpc) is 3.18. The van der Waals surface area contributed by atoms with Crippen molar-refractivity contribution in [1.29, 1.82) is 0 Å². The monoisotopic (exact) mass is 381 g/mol. The van der Waals surface area contributed by atoms with Crippen LogP contribution in [-0.4, -0.2) is 21.5 Å². The van der Waals surface area contributed by atoms with Gasteiger partial charge in [0.2, 0.25) is 0 Å². The van der Waals surface area contributed by atoms with Gasteiger partial charge in [-0.25, -0.2) is 4.98 Å². The molecule has 1 N–H and O–H groups in total. The van der Waals surface area contributed by atoms with E-state index >= 15 is 0 Å². The predicted molar refractivity (Wildman–Crippen MR) is 106 cm³/mol. The number of benzene rings is 1. The molecule has 3 aromatic rings. The lowest BCUT2D eigenvalue weighted by molar-refractivity contribution is 0.0936. The van der Waals surface area contributed by atoms with Gasteiger partial charge in [0.05, 0.1) is 6.54 Å². The molecule has 27 heavy (non-hydrogen) atoms. The van der Waals surface area contributed by atoms with Crippen LogP contribution in [0.5, 0.6) is 0 Å². The molecule has 1 fully saturated rings. The van der Waals surface area contributed by atoms with Crippen LogP contribution >= 0.6 is 11.6 Å². The van der Waals surface area contributed by atoms with Crippen LogP contribution in [0, 0.1) is 0 Å². The minimum absolute atomic E-state index is 0.159. The number of aromatic nitrogens is 2. The van der Waals surface area contributed by atoms with Gasteiger partial charge in [-0.15, -0.1) is 0 Å². The first-order valence-corrected chi connectivity index (χ1v) is 9.53. The fourth-order valence-electron chi connectivity index (χ4n) is 3.62. The van der Waals surface area contributed by atoms with Crippen LogP contribution in [-0.2, 0) is 6.54 Å². The highest BCUT2D eigenvalue weighted by atomic mass is 35.5. The molecule has 1 amide bonds. The minimum atomic E-state index is -0.327. The van der Waals surface area contributed by atoms with Crippen molar-refractivity contribution < 1.29 is 4.79 Å². The van der Waals surface area contributed by atoms with Crippen LogP contribution in [0.3, 0.4) is 0 Å². The van der Waals surface area contributed by atoms with Gasteiger partial charge in [0.1, 0.15) is 11.2 Å². The Hall–Kier alpha value is -2.66. The number of nitrogens with one attached hydrogen (secondary N) is 1. The molecule has 0 atom stereocenters. The maximum atomic E-state index is 13.1. The number of rotatable bonds is 4. The fraction of sp³-hybridized carbons (Fsp3) is 0.286. The van der Waals surface area contributed by atoms with Gasteiger partial charge in [-0.2, -0.15) is 0 Å². The molecule has 0 aliphatic heterocycles. The molecule has 6 heteroatoms. The molecule has 0 saturated heterocycles. The number of pyridine rings is 2. The third-order valence-corrected chi connectivity index (χ3v) is 5.29. The third-order valence-electron chi connectivity index (χ3n) is 5.04. The minimum Gasteiger partial charge on any atom is -0.349 e. The van der Waals surface area contributed by atoms with E-state index in [1.165, 1.54) is 0 Å². The first-order valence-electron chi connectivity index (χ1n) is 9.16. The van der Waals surface area contributed by atoms with Crippen LogP contribution in [0.15, 0.2) is 53.5 Å². The molecule has 0 bridgehead atoms. The molecule has 0 spiro atoms.